The summed E-state index contributed by atoms with van der Waals surface area (Å²) >= 11 is 0. The molecule has 1 aromatic carbocycles. The molecule has 0 spiro atoms. The molecular weight excluding hydrogens is 380 g/mol. The first-order chi connectivity index (χ1) is 12.2. The van der Waals surface area contributed by atoms with Gasteiger partial charge in [0.1, 0.15) is 11.6 Å². The average molecular weight is 402 g/mol. The van der Waals surface area contributed by atoms with Crippen molar-refractivity contribution in [3.63, 3.8) is 0 Å². The van der Waals surface area contributed by atoms with Crippen LogP contribution in [0.3, 0.4) is 0 Å². The minimum atomic E-state index is -4.35. The van der Waals surface area contributed by atoms with Crippen molar-refractivity contribution in [3.8, 4) is 0 Å². The summed E-state index contributed by atoms with van der Waals surface area (Å²) < 4.78 is 31.2. The minimum Gasteiger partial charge on any atom is -0.478 e. The van der Waals surface area contributed by atoms with Gasteiger partial charge in [-0.2, -0.15) is 0 Å². The quantitative estimate of drug-likeness (QED) is 0.534. The Labute approximate surface area is 156 Å². The third-order valence-corrected chi connectivity index (χ3v) is 4.45. The van der Waals surface area contributed by atoms with Crippen molar-refractivity contribution in [2.45, 2.75) is 50.3 Å². The molecule has 0 fully saturated rings. The highest BCUT2D eigenvalue weighted by molar-refractivity contribution is 7.90. The highest BCUT2D eigenvalue weighted by atomic mass is 32.2. The van der Waals surface area contributed by atoms with E-state index < -0.39 is 45.7 Å². The Morgan fingerprint density at radius 3 is 2.04 bits per heavy atom. The molecule has 0 saturated carbocycles. The molecule has 27 heavy (non-hydrogen) atoms. The van der Waals surface area contributed by atoms with Gasteiger partial charge in [-0.3, -0.25) is 4.79 Å². The van der Waals surface area contributed by atoms with Crippen LogP contribution in [0.25, 0.3) is 0 Å². The number of aromatic carboxylic acids is 1. The van der Waals surface area contributed by atoms with Gasteiger partial charge in [0.15, 0.2) is 0 Å². The number of hydrogen-bond donors (Lipinski definition) is 4. The molecule has 2 atom stereocenters. The van der Waals surface area contributed by atoms with Crippen LogP contribution in [0, 0.1) is 0 Å². The number of aliphatic hydroxyl groups excluding tert-OH is 1. The predicted molar refractivity (Wildman–Crippen MR) is 93.6 cm³/mol. The van der Waals surface area contributed by atoms with E-state index >= 15 is 0 Å². The summed E-state index contributed by atoms with van der Waals surface area (Å²) in [5.74, 6) is -2.42. The van der Waals surface area contributed by atoms with Gasteiger partial charge in [-0.1, -0.05) is 0 Å². The van der Waals surface area contributed by atoms with Crippen molar-refractivity contribution in [3.05, 3.63) is 29.8 Å². The van der Waals surface area contributed by atoms with Crippen LogP contribution < -0.4 is 10.0 Å². The fourth-order valence-corrected chi connectivity index (χ4v) is 2.88. The number of aliphatic hydroxyl groups is 1. The molecule has 150 valence electrons. The molecule has 0 aliphatic carbocycles. The average Bonchev–Trinajstić information content (AvgIpc) is 2.50. The second-order valence-electron chi connectivity index (χ2n) is 6.66. The number of benzene rings is 1. The number of hydrogen-bond acceptors (Lipinski definition) is 7. The largest absolute Gasteiger partial charge is 0.478 e. The third kappa shape index (κ3) is 6.87. The first kappa shape index (κ1) is 22.4. The zero-order chi connectivity index (χ0) is 21.0. The maximum atomic E-state index is 12.3. The van der Waals surface area contributed by atoms with Gasteiger partial charge in [-0.15, -0.1) is 0 Å². The highest BCUT2D eigenvalue weighted by Gasteiger charge is 2.31. The number of carbonyl (C=O) groups excluding carboxylic acids is 2. The molecule has 0 aromatic heterocycles. The molecule has 11 heteroatoms. The van der Waals surface area contributed by atoms with Gasteiger partial charge in [-0.25, -0.2) is 22.7 Å². The number of carboxylic acid groups (broad SMARTS) is 1. The van der Waals surface area contributed by atoms with Crippen molar-refractivity contribution in [2.75, 3.05) is 0 Å². The Balaban J connectivity index is 2.93. The summed E-state index contributed by atoms with van der Waals surface area (Å²) in [6, 6.07) is 2.56. The molecule has 0 radical (unpaired) electrons. The maximum Gasteiger partial charge on any atom is 0.408 e. The number of alkyl carbamates (subject to hydrolysis) is 1. The summed E-state index contributed by atoms with van der Waals surface area (Å²) in [6.45, 7) is 5.97. The minimum absolute atomic E-state index is 0.131. The van der Waals surface area contributed by atoms with E-state index in [0.717, 1.165) is 24.3 Å². The number of nitrogens with one attached hydrogen (secondary N) is 2. The van der Waals surface area contributed by atoms with Gasteiger partial charge < -0.3 is 20.3 Å². The second-order valence-corrected chi connectivity index (χ2v) is 8.35. The molecule has 0 bridgehead atoms. The van der Waals surface area contributed by atoms with E-state index in [1.165, 1.54) is 6.92 Å². The first-order valence-corrected chi connectivity index (χ1v) is 9.29. The second kappa shape index (κ2) is 8.35. The molecule has 1 aromatic rings. The molecule has 0 aliphatic rings. The van der Waals surface area contributed by atoms with Crippen LogP contribution >= 0.6 is 0 Å². The normalized spacial score (nSPS) is 14.0. The van der Waals surface area contributed by atoms with E-state index in [2.05, 4.69) is 5.32 Å². The summed E-state index contributed by atoms with van der Waals surface area (Å²) in [4.78, 5) is 34.5. The van der Waals surface area contributed by atoms with Gasteiger partial charge in [0.05, 0.1) is 16.6 Å². The van der Waals surface area contributed by atoms with E-state index in [1.807, 2.05) is 0 Å². The Morgan fingerprint density at radius 2 is 1.63 bits per heavy atom. The van der Waals surface area contributed by atoms with Gasteiger partial charge in [0.25, 0.3) is 15.9 Å². The van der Waals surface area contributed by atoms with Gasteiger partial charge in [-0.05, 0) is 52.0 Å². The zero-order valence-corrected chi connectivity index (χ0v) is 16.0. The lowest BCUT2D eigenvalue weighted by atomic mass is 10.2. The molecule has 0 unspecified atom stereocenters. The third-order valence-electron chi connectivity index (χ3n) is 3.08. The molecule has 0 heterocycles. The number of amides is 2. The maximum absolute atomic E-state index is 12.3. The lowest BCUT2D eigenvalue weighted by molar-refractivity contribution is -0.123. The van der Waals surface area contributed by atoms with Crippen molar-refractivity contribution >= 4 is 28.0 Å². The Hall–Kier alpha value is -2.66. The SMILES string of the molecule is C[C@@H](O)[C@H](NC(=O)OC(C)(C)C)C(=O)NS(=O)(=O)c1ccc(C(=O)O)cc1. The molecule has 1 rings (SSSR count). The predicted octanol–water partition coefficient (Wildman–Crippen LogP) is 0.464. The molecule has 0 aliphatic heterocycles. The molecule has 0 saturated heterocycles. The van der Waals surface area contributed by atoms with Gasteiger partial charge in [0, 0.05) is 0 Å². The Bertz CT molecular complexity index is 810. The van der Waals surface area contributed by atoms with E-state index in [0.29, 0.717) is 0 Å². The fourth-order valence-electron chi connectivity index (χ4n) is 1.87. The topological polar surface area (TPSA) is 159 Å². The van der Waals surface area contributed by atoms with E-state index in [9.17, 15) is 27.9 Å². The first-order valence-electron chi connectivity index (χ1n) is 7.80. The lowest BCUT2D eigenvalue weighted by Gasteiger charge is -2.24. The van der Waals surface area contributed by atoms with Crippen molar-refractivity contribution in [1.82, 2.24) is 10.0 Å². The van der Waals surface area contributed by atoms with Gasteiger partial charge in [0.2, 0.25) is 0 Å². The fraction of sp³-hybridized carbons (Fsp3) is 0.438. The van der Waals surface area contributed by atoms with Gasteiger partial charge >= 0.3 is 12.1 Å². The van der Waals surface area contributed by atoms with Crippen LogP contribution in [-0.2, 0) is 19.6 Å². The van der Waals surface area contributed by atoms with E-state index in [4.69, 9.17) is 9.84 Å². The van der Waals surface area contributed by atoms with E-state index in [-0.39, 0.29) is 10.5 Å². The van der Waals surface area contributed by atoms with Crippen LogP contribution in [0.2, 0.25) is 0 Å². The molecule has 2 amide bonds. The Morgan fingerprint density at radius 1 is 1.11 bits per heavy atom. The Kier molecular flexibility index (Phi) is 6.93. The summed E-state index contributed by atoms with van der Waals surface area (Å²) in [6.07, 6.45) is -2.42. The van der Waals surface area contributed by atoms with Crippen LogP contribution in [0.15, 0.2) is 29.2 Å². The summed E-state index contributed by atoms with van der Waals surface area (Å²) in [7, 11) is -4.35. The molecule has 10 nitrogen and oxygen atoms in total. The molecule has 4 N–H and O–H groups in total. The number of carbonyl (C=O) groups is 3. The molecular formula is C16H22N2O8S. The summed E-state index contributed by atoms with van der Waals surface area (Å²) in [5, 5.41) is 20.6. The van der Waals surface area contributed by atoms with Crippen LogP contribution in [0.5, 0.6) is 0 Å². The number of carboxylic acids is 1. The van der Waals surface area contributed by atoms with Crippen molar-refractivity contribution < 1.29 is 37.8 Å². The smallest absolute Gasteiger partial charge is 0.408 e. The van der Waals surface area contributed by atoms with Crippen LogP contribution in [-0.4, -0.2) is 54.3 Å². The number of rotatable bonds is 6. The number of ether oxygens (including phenoxy) is 1. The lowest BCUT2D eigenvalue weighted by Crippen LogP contribution is -2.54. The standard InChI is InChI=1S/C16H22N2O8S/c1-9(19)12(17-15(23)26-16(2,3)4)13(20)18-27(24,25)11-7-5-10(6-8-11)14(21)22/h5-9,12,19H,1-4H3,(H,17,23)(H,18,20)(H,21,22)/t9-,12+/m1/s1. The van der Waals surface area contributed by atoms with Crippen LogP contribution in [0.1, 0.15) is 38.1 Å². The highest BCUT2D eigenvalue weighted by Crippen LogP contribution is 2.12. The van der Waals surface area contributed by atoms with Crippen molar-refractivity contribution in [1.29, 1.82) is 0 Å². The monoisotopic (exact) mass is 402 g/mol. The van der Waals surface area contributed by atoms with Crippen LogP contribution in [0.4, 0.5) is 4.79 Å². The number of sulfonamides is 1. The van der Waals surface area contributed by atoms with E-state index in [1.54, 1.807) is 25.5 Å². The summed E-state index contributed by atoms with van der Waals surface area (Å²) in [5.41, 5.74) is -0.990. The van der Waals surface area contributed by atoms with Crippen molar-refractivity contribution in [2.24, 2.45) is 0 Å². The zero-order valence-electron chi connectivity index (χ0n) is 15.2.